The molecule has 0 radical (unpaired) electrons. The Bertz CT molecular complexity index is 295. The van der Waals surface area contributed by atoms with Crippen LogP contribution < -0.4 is 5.32 Å². The molecule has 1 aliphatic rings. The number of rotatable bonds is 7. The van der Waals surface area contributed by atoms with E-state index in [9.17, 15) is 9.59 Å². The molecule has 4 nitrogen and oxygen atoms in total. The molecule has 0 spiro atoms. The fourth-order valence-corrected chi connectivity index (χ4v) is 2.20. The Hall–Kier alpha value is -1.32. The second-order valence-electron chi connectivity index (χ2n) is 4.89. The minimum Gasteiger partial charge on any atom is -0.464 e. The Morgan fingerprint density at radius 1 is 1.44 bits per heavy atom. The highest BCUT2D eigenvalue weighted by molar-refractivity contribution is 5.84. The highest BCUT2D eigenvalue weighted by Gasteiger charge is 2.21. The maximum Gasteiger partial charge on any atom is 0.328 e. The minimum atomic E-state index is -0.566. The van der Waals surface area contributed by atoms with Gasteiger partial charge in [0.15, 0.2) is 0 Å². The van der Waals surface area contributed by atoms with Crippen molar-refractivity contribution >= 4 is 11.9 Å². The molecule has 0 aliphatic heterocycles. The van der Waals surface area contributed by atoms with Gasteiger partial charge in [-0.25, -0.2) is 4.79 Å². The van der Waals surface area contributed by atoms with Crippen molar-refractivity contribution in [2.75, 3.05) is 6.61 Å². The van der Waals surface area contributed by atoms with Crippen LogP contribution in [0, 0.1) is 5.92 Å². The van der Waals surface area contributed by atoms with E-state index in [0.717, 1.165) is 12.8 Å². The zero-order valence-corrected chi connectivity index (χ0v) is 11.1. The minimum absolute atomic E-state index is 0.0462. The van der Waals surface area contributed by atoms with Crippen molar-refractivity contribution in [3.05, 3.63) is 12.7 Å². The molecule has 0 bridgehead atoms. The van der Waals surface area contributed by atoms with Gasteiger partial charge in [0.25, 0.3) is 0 Å². The fraction of sp³-hybridized carbons (Fsp3) is 0.714. The number of hydrogen-bond acceptors (Lipinski definition) is 3. The Morgan fingerprint density at radius 2 is 2.11 bits per heavy atom. The van der Waals surface area contributed by atoms with Gasteiger partial charge in [0, 0.05) is 6.42 Å². The second-order valence-corrected chi connectivity index (χ2v) is 4.89. The van der Waals surface area contributed by atoms with Crippen LogP contribution in [0.25, 0.3) is 0 Å². The summed E-state index contributed by atoms with van der Waals surface area (Å²) in [6, 6.07) is -0.566. The number of carbonyl (C=O) groups excluding carboxylic acids is 2. The van der Waals surface area contributed by atoms with Crippen molar-refractivity contribution in [2.45, 2.75) is 51.5 Å². The summed E-state index contributed by atoms with van der Waals surface area (Å²) in [4.78, 5) is 23.2. The summed E-state index contributed by atoms with van der Waals surface area (Å²) in [5.74, 6) is 0.0701. The number of esters is 1. The van der Waals surface area contributed by atoms with Crippen LogP contribution in [0.4, 0.5) is 0 Å². The SMILES string of the molecule is C=CCCOC(=O)C(C)NC(=O)CC1CCCC1. The molecule has 0 heterocycles. The first kappa shape index (κ1) is 14.7. The molecule has 102 valence electrons. The Morgan fingerprint density at radius 3 is 2.72 bits per heavy atom. The third-order valence-corrected chi connectivity index (χ3v) is 3.25. The number of amides is 1. The first-order chi connectivity index (χ1) is 8.63. The molecule has 1 amide bonds. The average Bonchev–Trinajstić information content (AvgIpc) is 2.81. The van der Waals surface area contributed by atoms with Gasteiger partial charge in [-0.1, -0.05) is 18.9 Å². The summed E-state index contributed by atoms with van der Waals surface area (Å²) >= 11 is 0. The maximum atomic E-state index is 11.7. The van der Waals surface area contributed by atoms with Crippen LogP contribution >= 0.6 is 0 Å². The molecule has 4 heteroatoms. The van der Waals surface area contributed by atoms with Crippen molar-refractivity contribution in [1.29, 1.82) is 0 Å². The van der Waals surface area contributed by atoms with Crippen LogP contribution in [-0.4, -0.2) is 24.5 Å². The zero-order chi connectivity index (χ0) is 13.4. The number of nitrogens with one attached hydrogen (secondary N) is 1. The predicted molar refractivity (Wildman–Crippen MR) is 70.0 cm³/mol. The van der Waals surface area contributed by atoms with E-state index in [2.05, 4.69) is 11.9 Å². The monoisotopic (exact) mass is 253 g/mol. The van der Waals surface area contributed by atoms with Crippen LogP contribution in [-0.2, 0) is 14.3 Å². The standard InChI is InChI=1S/C14H23NO3/c1-3-4-9-18-14(17)11(2)15-13(16)10-12-7-5-6-8-12/h3,11-12H,1,4-10H2,2H3,(H,15,16). The molecule has 0 aromatic rings. The molecule has 1 fully saturated rings. The van der Waals surface area contributed by atoms with Gasteiger partial charge in [0.05, 0.1) is 6.61 Å². The third-order valence-electron chi connectivity index (χ3n) is 3.25. The van der Waals surface area contributed by atoms with Crippen molar-refractivity contribution in [1.82, 2.24) is 5.32 Å². The molecule has 1 aliphatic carbocycles. The zero-order valence-electron chi connectivity index (χ0n) is 11.1. The Kier molecular flexibility index (Phi) is 6.47. The van der Waals surface area contributed by atoms with E-state index >= 15 is 0 Å². The number of hydrogen-bond donors (Lipinski definition) is 1. The van der Waals surface area contributed by atoms with Gasteiger partial charge in [-0.15, -0.1) is 6.58 Å². The van der Waals surface area contributed by atoms with Gasteiger partial charge >= 0.3 is 5.97 Å². The van der Waals surface area contributed by atoms with Crippen molar-refractivity contribution in [2.24, 2.45) is 5.92 Å². The van der Waals surface area contributed by atoms with E-state index in [1.54, 1.807) is 13.0 Å². The summed E-state index contributed by atoms with van der Waals surface area (Å²) < 4.78 is 4.99. The number of ether oxygens (including phenoxy) is 1. The quantitative estimate of drug-likeness (QED) is 0.430. The maximum absolute atomic E-state index is 11.7. The van der Waals surface area contributed by atoms with Gasteiger partial charge < -0.3 is 10.1 Å². The summed E-state index contributed by atoms with van der Waals surface area (Å²) in [6.45, 7) is 5.53. The van der Waals surface area contributed by atoms with Gasteiger partial charge in [-0.05, 0) is 32.1 Å². The molecule has 1 atom stereocenters. The molecule has 0 aromatic carbocycles. The summed E-state index contributed by atoms with van der Waals surface area (Å²) in [5, 5.41) is 2.69. The molecule has 1 N–H and O–H groups in total. The van der Waals surface area contributed by atoms with Crippen LogP contribution in [0.3, 0.4) is 0 Å². The summed E-state index contributed by atoms with van der Waals surface area (Å²) in [6.07, 6.45) is 7.56. The number of carbonyl (C=O) groups is 2. The summed E-state index contributed by atoms with van der Waals surface area (Å²) in [7, 11) is 0. The van der Waals surface area contributed by atoms with Gasteiger partial charge in [0.2, 0.25) is 5.91 Å². The van der Waals surface area contributed by atoms with Crippen molar-refractivity contribution < 1.29 is 14.3 Å². The smallest absolute Gasteiger partial charge is 0.328 e. The van der Waals surface area contributed by atoms with Gasteiger partial charge in [-0.2, -0.15) is 0 Å². The first-order valence-electron chi connectivity index (χ1n) is 6.70. The topological polar surface area (TPSA) is 55.4 Å². The molecular weight excluding hydrogens is 230 g/mol. The summed E-state index contributed by atoms with van der Waals surface area (Å²) in [5.41, 5.74) is 0. The van der Waals surface area contributed by atoms with E-state index in [4.69, 9.17) is 4.74 Å². The average molecular weight is 253 g/mol. The van der Waals surface area contributed by atoms with Crippen LogP contribution in [0.1, 0.15) is 45.4 Å². The molecule has 1 saturated carbocycles. The largest absolute Gasteiger partial charge is 0.464 e. The Labute approximate surface area is 109 Å². The first-order valence-corrected chi connectivity index (χ1v) is 6.70. The third kappa shape index (κ3) is 5.34. The van der Waals surface area contributed by atoms with E-state index in [1.807, 2.05) is 0 Å². The van der Waals surface area contributed by atoms with E-state index < -0.39 is 6.04 Å². The lowest BCUT2D eigenvalue weighted by Crippen LogP contribution is -2.40. The van der Waals surface area contributed by atoms with Crippen molar-refractivity contribution in [3.63, 3.8) is 0 Å². The molecule has 1 rings (SSSR count). The molecule has 0 saturated heterocycles. The lowest BCUT2D eigenvalue weighted by molar-refractivity contribution is -0.147. The second kappa shape index (κ2) is 7.90. The predicted octanol–water partition coefficient (Wildman–Crippen LogP) is 2.19. The highest BCUT2D eigenvalue weighted by atomic mass is 16.5. The van der Waals surface area contributed by atoms with Crippen LogP contribution in [0.5, 0.6) is 0 Å². The van der Waals surface area contributed by atoms with E-state index in [1.165, 1.54) is 12.8 Å². The van der Waals surface area contributed by atoms with E-state index in [0.29, 0.717) is 25.4 Å². The lowest BCUT2D eigenvalue weighted by Gasteiger charge is -2.14. The van der Waals surface area contributed by atoms with Crippen molar-refractivity contribution in [3.8, 4) is 0 Å². The molecule has 1 unspecified atom stereocenters. The van der Waals surface area contributed by atoms with Gasteiger partial charge in [0.1, 0.15) is 6.04 Å². The van der Waals surface area contributed by atoms with E-state index in [-0.39, 0.29) is 11.9 Å². The normalized spacial score (nSPS) is 17.2. The molecular formula is C14H23NO3. The van der Waals surface area contributed by atoms with Gasteiger partial charge in [-0.3, -0.25) is 4.79 Å². The fourth-order valence-electron chi connectivity index (χ4n) is 2.20. The van der Waals surface area contributed by atoms with Crippen LogP contribution in [0.15, 0.2) is 12.7 Å². The molecule has 18 heavy (non-hydrogen) atoms. The molecule has 0 aromatic heterocycles. The highest BCUT2D eigenvalue weighted by Crippen LogP contribution is 2.27. The van der Waals surface area contributed by atoms with Crippen LogP contribution in [0.2, 0.25) is 0 Å². The lowest BCUT2D eigenvalue weighted by atomic mass is 10.0. The Balaban J connectivity index is 2.20.